The van der Waals surface area contributed by atoms with Crippen LogP contribution in [0, 0.1) is 20.8 Å². The van der Waals surface area contributed by atoms with Crippen molar-refractivity contribution in [2.45, 2.75) is 26.5 Å². The molecule has 0 radical (unpaired) electrons. The van der Waals surface area contributed by atoms with Crippen molar-refractivity contribution in [3.63, 3.8) is 0 Å². The SMILES string of the molecule is Cc1nn(-c2ccc(NCCNS(=O)(=O)Cc3ccccc3)nn2)c(C)c1C. The second-order valence-corrected chi connectivity index (χ2v) is 8.36. The molecular weight excluding hydrogens is 376 g/mol. The largest absolute Gasteiger partial charge is 0.367 e. The van der Waals surface area contributed by atoms with Gasteiger partial charge in [-0.05, 0) is 44.0 Å². The van der Waals surface area contributed by atoms with Gasteiger partial charge in [-0.2, -0.15) is 5.10 Å². The first-order valence-electron chi connectivity index (χ1n) is 8.98. The molecule has 8 nitrogen and oxygen atoms in total. The Morgan fingerprint density at radius 2 is 1.71 bits per heavy atom. The lowest BCUT2D eigenvalue weighted by atomic mass is 10.2. The molecule has 2 aromatic heterocycles. The van der Waals surface area contributed by atoms with Crippen LogP contribution < -0.4 is 10.0 Å². The second-order valence-electron chi connectivity index (χ2n) is 6.55. The van der Waals surface area contributed by atoms with Crippen LogP contribution in [0.4, 0.5) is 5.82 Å². The van der Waals surface area contributed by atoms with E-state index in [1.54, 1.807) is 22.9 Å². The molecule has 2 heterocycles. The van der Waals surface area contributed by atoms with Crippen LogP contribution in [0.5, 0.6) is 0 Å². The van der Waals surface area contributed by atoms with E-state index in [0.717, 1.165) is 22.5 Å². The molecular formula is C19H24N6O2S. The molecule has 0 saturated heterocycles. The summed E-state index contributed by atoms with van der Waals surface area (Å²) < 4.78 is 28.5. The summed E-state index contributed by atoms with van der Waals surface area (Å²) in [5.74, 6) is 1.18. The van der Waals surface area contributed by atoms with Crippen molar-refractivity contribution in [1.82, 2.24) is 24.7 Å². The van der Waals surface area contributed by atoms with Crippen LogP contribution in [0.15, 0.2) is 42.5 Å². The first-order valence-corrected chi connectivity index (χ1v) is 10.6. The maximum atomic E-state index is 12.1. The molecule has 28 heavy (non-hydrogen) atoms. The van der Waals surface area contributed by atoms with E-state index in [2.05, 4.69) is 25.3 Å². The monoisotopic (exact) mass is 400 g/mol. The van der Waals surface area contributed by atoms with Gasteiger partial charge in [-0.1, -0.05) is 30.3 Å². The Morgan fingerprint density at radius 1 is 0.964 bits per heavy atom. The molecule has 0 bridgehead atoms. The molecule has 0 aliphatic heterocycles. The van der Waals surface area contributed by atoms with Crippen LogP contribution in [0.25, 0.3) is 5.82 Å². The van der Waals surface area contributed by atoms with Crippen LogP contribution in [-0.4, -0.2) is 41.5 Å². The molecule has 0 spiro atoms. The van der Waals surface area contributed by atoms with E-state index in [9.17, 15) is 8.42 Å². The predicted molar refractivity (Wildman–Crippen MR) is 109 cm³/mol. The van der Waals surface area contributed by atoms with Crippen molar-refractivity contribution in [2.24, 2.45) is 0 Å². The van der Waals surface area contributed by atoms with Crippen LogP contribution in [0.2, 0.25) is 0 Å². The van der Waals surface area contributed by atoms with Gasteiger partial charge in [0.25, 0.3) is 0 Å². The van der Waals surface area contributed by atoms with E-state index in [4.69, 9.17) is 0 Å². The van der Waals surface area contributed by atoms with E-state index in [-0.39, 0.29) is 12.3 Å². The zero-order chi connectivity index (χ0) is 20.1. The van der Waals surface area contributed by atoms with Crippen LogP contribution >= 0.6 is 0 Å². The first-order chi connectivity index (χ1) is 13.4. The van der Waals surface area contributed by atoms with Crippen molar-refractivity contribution in [3.05, 3.63) is 65.0 Å². The van der Waals surface area contributed by atoms with Crippen LogP contribution in [0.1, 0.15) is 22.5 Å². The minimum Gasteiger partial charge on any atom is -0.367 e. The number of rotatable bonds is 8. The van der Waals surface area contributed by atoms with Crippen molar-refractivity contribution in [1.29, 1.82) is 0 Å². The Balaban J connectivity index is 1.51. The number of aromatic nitrogens is 4. The minimum absolute atomic E-state index is 0.0373. The quantitative estimate of drug-likeness (QED) is 0.562. The van der Waals surface area contributed by atoms with E-state index < -0.39 is 10.0 Å². The highest BCUT2D eigenvalue weighted by molar-refractivity contribution is 7.88. The number of nitrogens with zero attached hydrogens (tertiary/aromatic N) is 4. The summed E-state index contributed by atoms with van der Waals surface area (Å²) in [6, 6.07) is 12.7. The molecule has 0 amide bonds. The van der Waals surface area contributed by atoms with Gasteiger partial charge in [0.2, 0.25) is 10.0 Å². The van der Waals surface area contributed by atoms with E-state index >= 15 is 0 Å². The van der Waals surface area contributed by atoms with Crippen molar-refractivity contribution < 1.29 is 8.42 Å². The number of aryl methyl sites for hydroxylation is 1. The van der Waals surface area contributed by atoms with Gasteiger partial charge < -0.3 is 5.32 Å². The van der Waals surface area contributed by atoms with Crippen molar-refractivity contribution >= 4 is 15.8 Å². The number of sulfonamides is 1. The summed E-state index contributed by atoms with van der Waals surface area (Å²) in [4.78, 5) is 0. The topological polar surface area (TPSA) is 102 Å². The highest BCUT2D eigenvalue weighted by Crippen LogP contribution is 2.15. The zero-order valence-electron chi connectivity index (χ0n) is 16.2. The lowest BCUT2D eigenvalue weighted by Gasteiger charge is -2.09. The molecule has 1 aromatic carbocycles. The fourth-order valence-corrected chi connectivity index (χ4v) is 3.86. The smallest absolute Gasteiger partial charge is 0.215 e. The lowest BCUT2D eigenvalue weighted by Crippen LogP contribution is -2.30. The Kier molecular flexibility index (Phi) is 6.05. The molecule has 0 aliphatic carbocycles. The minimum atomic E-state index is -3.38. The summed E-state index contributed by atoms with van der Waals surface area (Å²) in [7, 11) is -3.38. The molecule has 2 N–H and O–H groups in total. The van der Waals surface area contributed by atoms with Crippen LogP contribution in [-0.2, 0) is 15.8 Å². The Labute approximate surface area is 165 Å². The zero-order valence-corrected chi connectivity index (χ0v) is 17.0. The van der Waals surface area contributed by atoms with E-state index in [0.29, 0.717) is 18.2 Å². The third kappa shape index (κ3) is 4.93. The summed E-state index contributed by atoms with van der Waals surface area (Å²) >= 11 is 0. The number of nitrogens with one attached hydrogen (secondary N) is 2. The number of hydrogen-bond donors (Lipinski definition) is 2. The Hall–Kier alpha value is -2.78. The first kappa shape index (κ1) is 20.0. The number of benzene rings is 1. The van der Waals surface area contributed by atoms with E-state index in [1.165, 1.54) is 0 Å². The normalized spacial score (nSPS) is 11.5. The lowest BCUT2D eigenvalue weighted by molar-refractivity contribution is 0.582. The maximum Gasteiger partial charge on any atom is 0.215 e. The van der Waals surface area contributed by atoms with Gasteiger partial charge in [0.15, 0.2) is 5.82 Å². The third-order valence-electron chi connectivity index (χ3n) is 4.47. The highest BCUT2D eigenvalue weighted by Gasteiger charge is 2.11. The van der Waals surface area contributed by atoms with E-state index in [1.807, 2.05) is 45.0 Å². The molecule has 3 aromatic rings. The summed E-state index contributed by atoms with van der Waals surface area (Å²) in [6.07, 6.45) is 0. The average Bonchev–Trinajstić information content (AvgIpc) is 2.94. The average molecular weight is 401 g/mol. The Bertz CT molecular complexity index is 1030. The fourth-order valence-electron chi connectivity index (χ4n) is 2.72. The van der Waals surface area contributed by atoms with Gasteiger partial charge in [0.1, 0.15) is 5.82 Å². The predicted octanol–water partition coefficient (Wildman–Crippen LogP) is 2.12. The molecule has 3 rings (SSSR count). The van der Waals surface area contributed by atoms with Gasteiger partial charge in [0, 0.05) is 18.8 Å². The molecule has 0 saturated carbocycles. The molecule has 0 fully saturated rings. The maximum absolute atomic E-state index is 12.1. The molecule has 0 unspecified atom stereocenters. The molecule has 148 valence electrons. The van der Waals surface area contributed by atoms with Gasteiger partial charge in [-0.25, -0.2) is 17.8 Å². The van der Waals surface area contributed by atoms with Gasteiger partial charge in [-0.15, -0.1) is 10.2 Å². The van der Waals surface area contributed by atoms with Gasteiger partial charge in [0.05, 0.1) is 11.4 Å². The molecule has 9 heteroatoms. The fraction of sp³-hybridized carbons (Fsp3) is 0.316. The molecule has 0 atom stereocenters. The van der Waals surface area contributed by atoms with Crippen molar-refractivity contribution in [3.8, 4) is 5.82 Å². The Morgan fingerprint density at radius 3 is 2.32 bits per heavy atom. The van der Waals surface area contributed by atoms with Crippen molar-refractivity contribution in [2.75, 3.05) is 18.4 Å². The number of anilines is 1. The molecule has 0 aliphatic rings. The van der Waals surface area contributed by atoms with Crippen LogP contribution in [0.3, 0.4) is 0 Å². The summed E-state index contributed by atoms with van der Waals surface area (Å²) in [5, 5.41) is 15.9. The summed E-state index contributed by atoms with van der Waals surface area (Å²) in [5.41, 5.74) is 3.88. The van der Waals surface area contributed by atoms with Gasteiger partial charge >= 0.3 is 0 Å². The second kappa shape index (κ2) is 8.49. The highest BCUT2D eigenvalue weighted by atomic mass is 32.2. The number of hydrogen-bond acceptors (Lipinski definition) is 6. The van der Waals surface area contributed by atoms with Gasteiger partial charge in [-0.3, -0.25) is 0 Å². The third-order valence-corrected chi connectivity index (χ3v) is 5.83. The standard InChI is InChI=1S/C19H24N6O2S/c1-14-15(2)24-25(16(14)3)19-10-9-18(22-23-19)20-11-12-21-28(26,27)13-17-7-5-4-6-8-17/h4-10,21H,11-13H2,1-3H3,(H,20,22). The summed E-state index contributed by atoms with van der Waals surface area (Å²) in [6.45, 7) is 6.64.